The number of alkyl halides is 2. The second-order valence-electron chi connectivity index (χ2n) is 8.88. The lowest BCUT2D eigenvalue weighted by atomic mass is 9.93. The van der Waals surface area contributed by atoms with Crippen molar-refractivity contribution in [1.82, 2.24) is 24.4 Å². The maximum Gasteiger partial charge on any atom is 0.410 e. The molecule has 2 aromatic carbocycles. The molecule has 1 aliphatic rings. The average molecular weight is 522 g/mol. The predicted octanol–water partition coefficient (Wildman–Crippen LogP) is 4.35. The molecule has 38 heavy (non-hydrogen) atoms. The number of nitrogens with zero attached hydrogens (tertiary/aromatic N) is 5. The molecule has 0 unspecified atom stereocenters. The van der Waals surface area contributed by atoms with Crippen LogP contribution in [0.2, 0.25) is 0 Å². The van der Waals surface area contributed by atoms with Crippen LogP contribution < -0.4 is 10.3 Å². The van der Waals surface area contributed by atoms with Crippen LogP contribution in [-0.2, 0) is 17.9 Å². The number of hydrogen-bond donors (Lipinski definition) is 0. The predicted molar refractivity (Wildman–Crippen MR) is 134 cm³/mol. The van der Waals surface area contributed by atoms with E-state index in [2.05, 4.69) is 19.7 Å². The lowest BCUT2D eigenvalue weighted by molar-refractivity contribution is -0.0504. The van der Waals surface area contributed by atoms with Gasteiger partial charge in [-0.15, -0.1) is 0 Å². The summed E-state index contributed by atoms with van der Waals surface area (Å²) in [6.07, 6.45) is 3.55. The van der Waals surface area contributed by atoms with Gasteiger partial charge in [-0.3, -0.25) is 9.36 Å². The van der Waals surface area contributed by atoms with Gasteiger partial charge in [0.15, 0.2) is 11.3 Å². The number of para-hydroxylation sites is 1. The third kappa shape index (κ3) is 5.61. The maximum absolute atomic E-state index is 13.6. The molecule has 3 heterocycles. The molecule has 196 valence electrons. The number of amides is 1. The monoisotopic (exact) mass is 521 g/mol. The summed E-state index contributed by atoms with van der Waals surface area (Å²) in [6.45, 7) is -2.04. The number of piperidine rings is 1. The van der Waals surface area contributed by atoms with E-state index in [9.17, 15) is 18.4 Å². The molecule has 0 spiro atoms. The number of ether oxygens (including phenoxy) is 2. The number of carbonyl (C=O) groups excluding carboxylic acids is 1. The van der Waals surface area contributed by atoms with Crippen LogP contribution in [0, 0.1) is 0 Å². The largest absolute Gasteiger partial charge is 0.445 e. The van der Waals surface area contributed by atoms with Gasteiger partial charge in [0.2, 0.25) is 0 Å². The molecule has 0 saturated carbocycles. The first-order chi connectivity index (χ1) is 18.5. The summed E-state index contributed by atoms with van der Waals surface area (Å²) in [5, 5.41) is 0. The molecule has 2 aromatic heterocycles. The topological polar surface area (TPSA) is 99.4 Å². The van der Waals surface area contributed by atoms with Crippen LogP contribution in [0.4, 0.5) is 13.6 Å². The van der Waals surface area contributed by atoms with E-state index in [1.807, 2.05) is 30.3 Å². The normalized spacial score (nSPS) is 14.1. The van der Waals surface area contributed by atoms with Crippen molar-refractivity contribution in [2.24, 2.45) is 0 Å². The Kier molecular flexibility index (Phi) is 7.52. The fourth-order valence-corrected chi connectivity index (χ4v) is 4.56. The van der Waals surface area contributed by atoms with Crippen LogP contribution >= 0.6 is 0 Å². The average Bonchev–Trinajstić information content (AvgIpc) is 2.94. The zero-order valence-electron chi connectivity index (χ0n) is 20.4. The summed E-state index contributed by atoms with van der Waals surface area (Å²) in [7, 11) is 0. The Balaban J connectivity index is 1.35. The fraction of sp³-hybridized carbons (Fsp3) is 0.296. The fourth-order valence-electron chi connectivity index (χ4n) is 4.56. The Bertz CT molecular complexity index is 1470. The van der Waals surface area contributed by atoms with Crippen molar-refractivity contribution in [2.45, 2.75) is 38.5 Å². The molecule has 1 amide bonds. The molecule has 0 aliphatic carbocycles. The molecule has 9 nitrogen and oxygen atoms in total. The van der Waals surface area contributed by atoms with E-state index in [1.165, 1.54) is 23.0 Å². The van der Waals surface area contributed by atoms with Gasteiger partial charge >= 0.3 is 12.7 Å². The third-order valence-corrected chi connectivity index (χ3v) is 6.47. The van der Waals surface area contributed by atoms with E-state index in [0.717, 1.165) is 5.56 Å². The summed E-state index contributed by atoms with van der Waals surface area (Å²) >= 11 is 0. The second kappa shape index (κ2) is 11.3. The summed E-state index contributed by atoms with van der Waals surface area (Å²) in [4.78, 5) is 40.9. The second-order valence-corrected chi connectivity index (χ2v) is 8.88. The standard InChI is InChI=1S/C27H25F2N5O4/c28-26(29)38-21-9-5-4-8-20(21)16-34-24-23(30-12-13-31-24)32-22(25(34)35)19-10-14-33(15-11-19)27(36)37-17-18-6-2-1-3-7-18/h1-9,12-13,19,26H,10-11,14-17H2. The SMILES string of the molecule is O=C(OCc1ccccc1)N1CCC(c2nc3nccnc3n(Cc3ccccc3OC(F)F)c2=O)CC1. The van der Waals surface area contributed by atoms with Gasteiger partial charge in [0.25, 0.3) is 5.56 Å². The minimum atomic E-state index is -3.00. The summed E-state index contributed by atoms with van der Waals surface area (Å²) < 4.78 is 37.4. The van der Waals surface area contributed by atoms with Crippen LogP contribution in [0.5, 0.6) is 5.75 Å². The molecule has 1 saturated heterocycles. The van der Waals surface area contributed by atoms with Crippen LogP contribution in [0.3, 0.4) is 0 Å². The molecular weight excluding hydrogens is 496 g/mol. The van der Waals surface area contributed by atoms with E-state index in [-0.39, 0.29) is 41.7 Å². The Morgan fingerprint density at radius 2 is 1.71 bits per heavy atom. The molecule has 0 atom stereocenters. The minimum absolute atomic E-state index is 0.0212. The van der Waals surface area contributed by atoms with Gasteiger partial charge < -0.3 is 14.4 Å². The van der Waals surface area contributed by atoms with Crippen molar-refractivity contribution < 1.29 is 23.0 Å². The van der Waals surface area contributed by atoms with Crippen LogP contribution in [0.25, 0.3) is 11.3 Å². The number of halogens is 2. The van der Waals surface area contributed by atoms with Crippen molar-refractivity contribution in [1.29, 1.82) is 0 Å². The summed E-state index contributed by atoms with van der Waals surface area (Å²) in [5.74, 6) is -0.238. The molecule has 1 fully saturated rings. The van der Waals surface area contributed by atoms with E-state index in [4.69, 9.17) is 4.74 Å². The molecule has 0 radical (unpaired) electrons. The highest BCUT2D eigenvalue weighted by atomic mass is 19.3. The summed E-state index contributed by atoms with van der Waals surface area (Å²) in [6, 6.07) is 15.7. The minimum Gasteiger partial charge on any atom is -0.445 e. The van der Waals surface area contributed by atoms with Gasteiger partial charge in [-0.1, -0.05) is 48.5 Å². The lowest BCUT2D eigenvalue weighted by Crippen LogP contribution is -2.40. The number of rotatable bonds is 7. The third-order valence-electron chi connectivity index (χ3n) is 6.47. The van der Waals surface area contributed by atoms with E-state index in [1.54, 1.807) is 23.1 Å². The smallest absolute Gasteiger partial charge is 0.410 e. The van der Waals surface area contributed by atoms with Gasteiger partial charge in [0.1, 0.15) is 18.1 Å². The van der Waals surface area contributed by atoms with Crippen LogP contribution in [0.15, 0.2) is 71.8 Å². The van der Waals surface area contributed by atoms with E-state index in [0.29, 0.717) is 37.2 Å². The number of aromatic nitrogens is 4. The Morgan fingerprint density at radius 3 is 2.47 bits per heavy atom. The highest BCUT2D eigenvalue weighted by Gasteiger charge is 2.29. The number of hydrogen-bond acceptors (Lipinski definition) is 7. The quantitative estimate of drug-likeness (QED) is 0.357. The molecule has 0 bridgehead atoms. The van der Waals surface area contributed by atoms with Crippen molar-refractivity contribution >= 4 is 17.4 Å². The maximum atomic E-state index is 13.6. The number of carbonyl (C=O) groups is 1. The Morgan fingerprint density at radius 1 is 1.00 bits per heavy atom. The lowest BCUT2D eigenvalue weighted by Gasteiger charge is -2.31. The van der Waals surface area contributed by atoms with Crippen LogP contribution in [-0.4, -0.2) is 50.2 Å². The first kappa shape index (κ1) is 25.2. The van der Waals surface area contributed by atoms with Gasteiger partial charge in [0, 0.05) is 37.0 Å². The van der Waals surface area contributed by atoms with Crippen molar-refractivity contribution in [2.75, 3.05) is 13.1 Å². The van der Waals surface area contributed by atoms with E-state index >= 15 is 0 Å². The molecular formula is C27H25F2N5O4. The first-order valence-electron chi connectivity index (χ1n) is 12.2. The van der Waals surface area contributed by atoms with Crippen LogP contribution in [0.1, 0.15) is 35.6 Å². The van der Waals surface area contributed by atoms with E-state index < -0.39 is 12.7 Å². The van der Waals surface area contributed by atoms with Crippen molar-refractivity contribution in [3.63, 3.8) is 0 Å². The summed E-state index contributed by atoms with van der Waals surface area (Å²) in [5.41, 5.74) is 1.75. The van der Waals surface area contributed by atoms with Crippen molar-refractivity contribution in [3.8, 4) is 5.75 Å². The first-order valence-corrected chi connectivity index (χ1v) is 12.2. The zero-order chi connectivity index (χ0) is 26.5. The Hall–Kier alpha value is -4.41. The van der Waals surface area contributed by atoms with Gasteiger partial charge in [0.05, 0.1) is 6.54 Å². The molecule has 4 aromatic rings. The molecule has 0 N–H and O–H groups in total. The van der Waals surface area contributed by atoms with Crippen molar-refractivity contribution in [3.05, 3.63) is 94.2 Å². The highest BCUT2D eigenvalue weighted by Crippen LogP contribution is 2.27. The number of benzene rings is 2. The number of fused-ring (bicyclic) bond motifs is 1. The Labute approximate surface area is 216 Å². The number of likely N-dealkylation sites (tertiary alicyclic amines) is 1. The van der Waals surface area contributed by atoms with Gasteiger partial charge in [-0.05, 0) is 24.5 Å². The zero-order valence-corrected chi connectivity index (χ0v) is 20.4. The highest BCUT2D eigenvalue weighted by molar-refractivity contribution is 5.68. The molecule has 1 aliphatic heterocycles. The van der Waals surface area contributed by atoms with Gasteiger partial charge in [-0.25, -0.2) is 19.7 Å². The van der Waals surface area contributed by atoms with Gasteiger partial charge in [-0.2, -0.15) is 8.78 Å². The molecule has 11 heteroatoms. The molecule has 5 rings (SSSR count).